The van der Waals surface area contributed by atoms with Crippen molar-refractivity contribution in [2.24, 2.45) is 17.8 Å². The summed E-state index contributed by atoms with van der Waals surface area (Å²) in [5, 5.41) is 3.73. The molecule has 2 nitrogen and oxygen atoms in total. The molecule has 0 aromatic heterocycles. The van der Waals surface area contributed by atoms with Crippen LogP contribution in [0.2, 0.25) is 0 Å². The molecule has 1 aliphatic carbocycles. The van der Waals surface area contributed by atoms with Crippen LogP contribution in [0.5, 0.6) is 0 Å². The molecule has 1 fully saturated rings. The van der Waals surface area contributed by atoms with Gasteiger partial charge in [0.15, 0.2) is 0 Å². The highest BCUT2D eigenvalue weighted by Gasteiger charge is 2.26. The zero-order chi connectivity index (χ0) is 12.7. The summed E-state index contributed by atoms with van der Waals surface area (Å²) >= 11 is 0. The average Bonchev–Trinajstić information content (AvgIpc) is 2.26. The number of rotatable bonds is 7. The Hall–Kier alpha value is -0.0800. The van der Waals surface area contributed by atoms with Crippen LogP contribution in [0.3, 0.4) is 0 Å². The van der Waals surface area contributed by atoms with Gasteiger partial charge in [0.2, 0.25) is 0 Å². The van der Waals surface area contributed by atoms with E-state index in [0.717, 1.165) is 44.1 Å². The van der Waals surface area contributed by atoms with E-state index < -0.39 is 0 Å². The van der Waals surface area contributed by atoms with Gasteiger partial charge in [-0.3, -0.25) is 0 Å². The van der Waals surface area contributed by atoms with Gasteiger partial charge in [0.1, 0.15) is 0 Å². The van der Waals surface area contributed by atoms with E-state index in [9.17, 15) is 0 Å². The predicted octanol–water partition coefficient (Wildman–Crippen LogP) is 3.46. The van der Waals surface area contributed by atoms with Gasteiger partial charge >= 0.3 is 0 Å². The number of hydrogen-bond donors (Lipinski definition) is 1. The van der Waals surface area contributed by atoms with E-state index in [4.69, 9.17) is 4.74 Å². The van der Waals surface area contributed by atoms with E-state index in [0.29, 0.717) is 5.92 Å². The maximum Gasteiger partial charge on any atom is 0.0489 e. The maximum absolute atomic E-state index is 5.60. The largest absolute Gasteiger partial charge is 0.381 e. The van der Waals surface area contributed by atoms with E-state index in [2.05, 4.69) is 33.0 Å². The van der Waals surface area contributed by atoms with Gasteiger partial charge in [-0.1, -0.05) is 34.1 Å². The SMILES string of the molecule is CC(C)COCCCNC1C(C)CCCC1C. The van der Waals surface area contributed by atoms with E-state index in [1.807, 2.05) is 0 Å². The van der Waals surface area contributed by atoms with Gasteiger partial charge in [-0.15, -0.1) is 0 Å². The molecular formula is C15H31NO. The highest BCUT2D eigenvalue weighted by Crippen LogP contribution is 2.28. The molecular weight excluding hydrogens is 210 g/mol. The first kappa shape index (κ1) is 15.0. The monoisotopic (exact) mass is 241 g/mol. The Labute approximate surface area is 108 Å². The Bertz CT molecular complexity index is 183. The van der Waals surface area contributed by atoms with Crippen molar-refractivity contribution in [3.63, 3.8) is 0 Å². The molecule has 1 aliphatic rings. The maximum atomic E-state index is 5.60. The van der Waals surface area contributed by atoms with Crippen molar-refractivity contribution < 1.29 is 4.74 Å². The molecule has 0 radical (unpaired) electrons. The Kier molecular flexibility index (Phi) is 7.14. The molecule has 0 bridgehead atoms. The van der Waals surface area contributed by atoms with Crippen LogP contribution >= 0.6 is 0 Å². The second-order valence-electron chi connectivity index (χ2n) is 6.19. The number of hydrogen-bond acceptors (Lipinski definition) is 2. The first-order valence-electron chi connectivity index (χ1n) is 7.42. The molecule has 1 N–H and O–H groups in total. The summed E-state index contributed by atoms with van der Waals surface area (Å²) in [5.74, 6) is 2.34. The molecule has 0 aromatic carbocycles. The molecule has 0 aliphatic heterocycles. The summed E-state index contributed by atoms with van der Waals surface area (Å²) < 4.78 is 5.60. The van der Waals surface area contributed by atoms with Crippen molar-refractivity contribution in [1.29, 1.82) is 0 Å². The molecule has 1 rings (SSSR count). The van der Waals surface area contributed by atoms with Crippen LogP contribution in [0.1, 0.15) is 53.4 Å². The summed E-state index contributed by atoms with van der Waals surface area (Å²) in [7, 11) is 0. The lowest BCUT2D eigenvalue weighted by molar-refractivity contribution is 0.105. The zero-order valence-electron chi connectivity index (χ0n) is 12.2. The van der Waals surface area contributed by atoms with Crippen molar-refractivity contribution in [2.75, 3.05) is 19.8 Å². The second kappa shape index (κ2) is 8.10. The molecule has 2 heteroatoms. The van der Waals surface area contributed by atoms with Crippen molar-refractivity contribution in [3.05, 3.63) is 0 Å². The van der Waals surface area contributed by atoms with Gasteiger partial charge in [0.25, 0.3) is 0 Å². The minimum atomic E-state index is 0.654. The lowest BCUT2D eigenvalue weighted by Gasteiger charge is -2.35. The quantitative estimate of drug-likeness (QED) is 0.689. The third kappa shape index (κ3) is 5.87. The van der Waals surface area contributed by atoms with Crippen molar-refractivity contribution in [2.45, 2.75) is 59.4 Å². The van der Waals surface area contributed by atoms with Gasteiger partial charge < -0.3 is 10.1 Å². The smallest absolute Gasteiger partial charge is 0.0489 e. The molecule has 102 valence electrons. The lowest BCUT2D eigenvalue weighted by atomic mass is 9.79. The molecule has 0 amide bonds. The molecule has 0 aromatic rings. The highest BCUT2D eigenvalue weighted by atomic mass is 16.5. The molecule has 1 saturated carbocycles. The van der Waals surface area contributed by atoms with Crippen LogP contribution < -0.4 is 5.32 Å². The lowest BCUT2D eigenvalue weighted by Crippen LogP contribution is -2.43. The molecule has 0 spiro atoms. The number of ether oxygens (including phenoxy) is 1. The molecule has 17 heavy (non-hydrogen) atoms. The molecule has 2 atom stereocenters. The highest BCUT2D eigenvalue weighted by molar-refractivity contribution is 4.83. The van der Waals surface area contributed by atoms with Crippen LogP contribution in [0.4, 0.5) is 0 Å². The third-order valence-corrected chi connectivity index (χ3v) is 3.84. The predicted molar refractivity (Wildman–Crippen MR) is 74.2 cm³/mol. The van der Waals surface area contributed by atoms with Crippen molar-refractivity contribution in [1.82, 2.24) is 5.32 Å². The van der Waals surface area contributed by atoms with Gasteiger partial charge in [-0.05, 0) is 43.6 Å². The summed E-state index contributed by atoms with van der Waals surface area (Å²) in [5.41, 5.74) is 0. The number of nitrogens with one attached hydrogen (secondary N) is 1. The normalized spacial score (nSPS) is 29.8. The molecule has 2 unspecified atom stereocenters. The second-order valence-corrected chi connectivity index (χ2v) is 6.19. The summed E-state index contributed by atoms with van der Waals surface area (Å²) in [6, 6.07) is 0.730. The van der Waals surface area contributed by atoms with Gasteiger partial charge in [0.05, 0.1) is 0 Å². The minimum absolute atomic E-state index is 0.654. The Morgan fingerprint density at radius 1 is 1.18 bits per heavy atom. The Morgan fingerprint density at radius 3 is 2.41 bits per heavy atom. The van der Waals surface area contributed by atoms with Crippen LogP contribution in [0.15, 0.2) is 0 Å². The van der Waals surface area contributed by atoms with Crippen molar-refractivity contribution in [3.8, 4) is 0 Å². The van der Waals surface area contributed by atoms with Crippen molar-refractivity contribution >= 4 is 0 Å². The van der Waals surface area contributed by atoms with Gasteiger partial charge in [-0.25, -0.2) is 0 Å². The summed E-state index contributed by atoms with van der Waals surface area (Å²) in [6.07, 6.45) is 5.35. The average molecular weight is 241 g/mol. The first-order chi connectivity index (χ1) is 8.11. The first-order valence-corrected chi connectivity index (χ1v) is 7.42. The zero-order valence-corrected chi connectivity index (χ0v) is 12.2. The Morgan fingerprint density at radius 2 is 1.82 bits per heavy atom. The Balaban J connectivity index is 2.04. The van der Waals surface area contributed by atoms with E-state index in [1.54, 1.807) is 0 Å². The van der Waals surface area contributed by atoms with Crippen LogP contribution in [0, 0.1) is 17.8 Å². The minimum Gasteiger partial charge on any atom is -0.381 e. The fraction of sp³-hybridized carbons (Fsp3) is 1.00. The van der Waals surface area contributed by atoms with Gasteiger partial charge in [-0.2, -0.15) is 0 Å². The van der Waals surface area contributed by atoms with Gasteiger partial charge in [0, 0.05) is 19.3 Å². The fourth-order valence-corrected chi connectivity index (χ4v) is 2.85. The van der Waals surface area contributed by atoms with Crippen LogP contribution in [-0.2, 0) is 4.74 Å². The molecule has 0 saturated heterocycles. The summed E-state index contributed by atoms with van der Waals surface area (Å²) in [4.78, 5) is 0. The van der Waals surface area contributed by atoms with Crippen LogP contribution in [-0.4, -0.2) is 25.8 Å². The fourth-order valence-electron chi connectivity index (χ4n) is 2.85. The van der Waals surface area contributed by atoms with E-state index in [-0.39, 0.29) is 0 Å². The topological polar surface area (TPSA) is 21.3 Å². The summed E-state index contributed by atoms with van der Waals surface area (Å²) in [6.45, 7) is 12.1. The standard InChI is InChI=1S/C15H31NO/c1-12(2)11-17-10-6-9-16-15-13(3)7-5-8-14(15)4/h12-16H,5-11H2,1-4H3. The molecule has 0 heterocycles. The third-order valence-electron chi connectivity index (χ3n) is 3.84. The van der Waals surface area contributed by atoms with E-state index in [1.165, 1.54) is 19.3 Å². The van der Waals surface area contributed by atoms with E-state index >= 15 is 0 Å². The van der Waals surface area contributed by atoms with Crippen LogP contribution in [0.25, 0.3) is 0 Å².